The first-order valence-corrected chi connectivity index (χ1v) is 8.45. The van der Waals surface area contributed by atoms with E-state index in [1.54, 1.807) is 0 Å². The smallest absolute Gasteiger partial charge is 0.251 e. The molecule has 22 heavy (non-hydrogen) atoms. The lowest BCUT2D eigenvalue weighted by Crippen LogP contribution is -2.40. The molecule has 0 atom stereocenters. The van der Waals surface area contributed by atoms with Gasteiger partial charge in [0.05, 0.1) is 4.90 Å². The molecule has 6 nitrogen and oxygen atoms in total. The van der Waals surface area contributed by atoms with Crippen molar-refractivity contribution in [2.75, 3.05) is 26.7 Å². The summed E-state index contributed by atoms with van der Waals surface area (Å²) < 4.78 is 26.5. The summed E-state index contributed by atoms with van der Waals surface area (Å²) in [5.41, 5.74) is 6.06. The van der Waals surface area contributed by atoms with Gasteiger partial charge < -0.3 is 11.1 Å². The Morgan fingerprint density at radius 2 is 1.82 bits per heavy atom. The van der Waals surface area contributed by atoms with Crippen molar-refractivity contribution in [3.63, 3.8) is 0 Å². The molecule has 1 saturated heterocycles. The summed E-state index contributed by atoms with van der Waals surface area (Å²) in [5, 5.41) is 2.50. The minimum Gasteiger partial charge on any atom is -0.355 e. The van der Waals surface area contributed by atoms with E-state index >= 15 is 0 Å². The summed E-state index contributed by atoms with van der Waals surface area (Å²) in [6, 6.07) is 6.01. The molecule has 124 valence electrons. The summed E-state index contributed by atoms with van der Waals surface area (Å²) in [6.07, 6.45) is 1.60. The SMILES string of the molecule is CNC(=O)c1ccc(S(=O)(=O)N2CCC(CN)CC2)cc1.Cl. The molecular formula is C14H22ClN3O3S. The minimum atomic E-state index is -3.48. The van der Waals surface area contributed by atoms with E-state index in [-0.39, 0.29) is 23.2 Å². The Kier molecular flexibility index (Phi) is 6.80. The molecule has 1 fully saturated rings. The largest absolute Gasteiger partial charge is 0.355 e. The number of nitrogens with one attached hydrogen (secondary N) is 1. The van der Waals surface area contributed by atoms with Gasteiger partial charge in [0, 0.05) is 25.7 Å². The van der Waals surface area contributed by atoms with Crippen LogP contribution in [0.1, 0.15) is 23.2 Å². The number of nitrogens with two attached hydrogens (primary N) is 1. The van der Waals surface area contributed by atoms with E-state index in [4.69, 9.17) is 5.73 Å². The van der Waals surface area contributed by atoms with E-state index in [2.05, 4.69) is 5.32 Å². The van der Waals surface area contributed by atoms with Crippen molar-refractivity contribution in [3.8, 4) is 0 Å². The van der Waals surface area contributed by atoms with Gasteiger partial charge in [-0.15, -0.1) is 12.4 Å². The number of amides is 1. The van der Waals surface area contributed by atoms with Crippen molar-refractivity contribution in [3.05, 3.63) is 29.8 Å². The highest BCUT2D eigenvalue weighted by molar-refractivity contribution is 7.89. The highest BCUT2D eigenvalue weighted by atomic mass is 35.5. The molecule has 0 bridgehead atoms. The molecular weight excluding hydrogens is 326 g/mol. The fourth-order valence-electron chi connectivity index (χ4n) is 2.46. The topological polar surface area (TPSA) is 92.5 Å². The molecule has 0 saturated carbocycles. The lowest BCUT2D eigenvalue weighted by molar-refractivity contribution is 0.0963. The lowest BCUT2D eigenvalue weighted by atomic mass is 9.99. The molecule has 2 rings (SSSR count). The summed E-state index contributed by atoms with van der Waals surface area (Å²) in [5.74, 6) is 0.176. The van der Waals surface area contributed by atoms with Crippen LogP contribution in [0.25, 0.3) is 0 Å². The Balaban J connectivity index is 0.00000242. The number of carbonyl (C=O) groups is 1. The van der Waals surface area contributed by atoms with E-state index in [9.17, 15) is 13.2 Å². The van der Waals surface area contributed by atoms with Crippen molar-refractivity contribution < 1.29 is 13.2 Å². The van der Waals surface area contributed by atoms with Gasteiger partial charge in [0.2, 0.25) is 10.0 Å². The standard InChI is InChI=1S/C14H21N3O3S.ClH/c1-16-14(18)12-2-4-13(5-3-12)21(19,20)17-8-6-11(10-15)7-9-17;/h2-5,11H,6-10,15H2,1H3,(H,16,18);1H. The van der Waals surface area contributed by atoms with Crippen LogP contribution >= 0.6 is 12.4 Å². The molecule has 1 aromatic carbocycles. The molecule has 1 aromatic rings. The second kappa shape index (κ2) is 7.92. The highest BCUT2D eigenvalue weighted by Gasteiger charge is 2.28. The second-order valence-electron chi connectivity index (χ2n) is 5.19. The lowest BCUT2D eigenvalue weighted by Gasteiger charge is -2.30. The number of nitrogens with zero attached hydrogens (tertiary/aromatic N) is 1. The number of sulfonamides is 1. The van der Waals surface area contributed by atoms with E-state index in [0.717, 1.165) is 12.8 Å². The molecule has 0 aromatic heterocycles. The van der Waals surface area contributed by atoms with Crippen LogP contribution < -0.4 is 11.1 Å². The molecule has 0 unspecified atom stereocenters. The van der Waals surface area contributed by atoms with Gasteiger partial charge >= 0.3 is 0 Å². The monoisotopic (exact) mass is 347 g/mol. The maximum absolute atomic E-state index is 12.5. The van der Waals surface area contributed by atoms with Gasteiger partial charge in [-0.1, -0.05) is 0 Å². The van der Waals surface area contributed by atoms with Gasteiger partial charge in [-0.3, -0.25) is 4.79 Å². The third kappa shape index (κ3) is 3.98. The van der Waals surface area contributed by atoms with Gasteiger partial charge in [-0.05, 0) is 49.6 Å². The van der Waals surface area contributed by atoms with Crippen LogP contribution in [0.5, 0.6) is 0 Å². The summed E-state index contributed by atoms with van der Waals surface area (Å²) in [4.78, 5) is 11.7. The van der Waals surface area contributed by atoms with Crippen LogP contribution in [0.4, 0.5) is 0 Å². The highest BCUT2D eigenvalue weighted by Crippen LogP contribution is 2.23. The molecule has 8 heteroatoms. The van der Waals surface area contributed by atoms with Crippen molar-refractivity contribution in [1.82, 2.24) is 9.62 Å². The van der Waals surface area contributed by atoms with Gasteiger partial charge in [-0.2, -0.15) is 4.31 Å². The molecule has 1 aliphatic heterocycles. The molecule has 0 aliphatic carbocycles. The Morgan fingerprint density at radius 1 is 1.27 bits per heavy atom. The van der Waals surface area contributed by atoms with Gasteiger partial charge in [0.1, 0.15) is 0 Å². The number of hydrogen-bond donors (Lipinski definition) is 2. The number of benzene rings is 1. The number of halogens is 1. The number of piperidine rings is 1. The molecule has 0 radical (unpaired) electrons. The zero-order chi connectivity index (χ0) is 15.5. The third-order valence-corrected chi connectivity index (χ3v) is 5.80. The summed E-state index contributed by atoms with van der Waals surface area (Å²) in [7, 11) is -1.95. The molecule has 1 heterocycles. The van der Waals surface area contributed by atoms with Crippen molar-refractivity contribution in [2.24, 2.45) is 11.7 Å². The van der Waals surface area contributed by atoms with Crippen molar-refractivity contribution >= 4 is 28.3 Å². The molecule has 3 N–H and O–H groups in total. The van der Waals surface area contributed by atoms with E-state index in [1.807, 2.05) is 0 Å². The van der Waals surface area contributed by atoms with E-state index in [1.165, 1.54) is 35.6 Å². The first kappa shape index (κ1) is 18.9. The van der Waals surface area contributed by atoms with Crippen LogP contribution in [-0.4, -0.2) is 45.3 Å². The number of rotatable bonds is 4. The fourth-order valence-corrected chi connectivity index (χ4v) is 3.93. The predicted octanol–water partition coefficient (Wildman–Crippen LogP) is 0.827. The Morgan fingerprint density at radius 3 is 2.27 bits per heavy atom. The zero-order valence-corrected chi connectivity index (χ0v) is 14.1. The normalized spacial score (nSPS) is 16.8. The average Bonchev–Trinajstić information content (AvgIpc) is 2.54. The molecule has 1 aliphatic rings. The maximum Gasteiger partial charge on any atom is 0.251 e. The fraction of sp³-hybridized carbons (Fsp3) is 0.500. The Hall–Kier alpha value is -1.15. The van der Waals surface area contributed by atoms with Crippen LogP contribution in [-0.2, 0) is 10.0 Å². The number of hydrogen-bond acceptors (Lipinski definition) is 4. The van der Waals surface area contributed by atoms with Crippen LogP contribution in [0.2, 0.25) is 0 Å². The van der Waals surface area contributed by atoms with Crippen molar-refractivity contribution in [1.29, 1.82) is 0 Å². The van der Waals surface area contributed by atoms with Gasteiger partial charge in [0.15, 0.2) is 0 Å². The maximum atomic E-state index is 12.5. The Bertz CT molecular complexity index is 596. The van der Waals surface area contributed by atoms with Crippen LogP contribution in [0.15, 0.2) is 29.2 Å². The quantitative estimate of drug-likeness (QED) is 0.843. The van der Waals surface area contributed by atoms with Crippen LogP contribution in [0, 0.1) is 5.92 Å². The zero-order valence-electron chi connectivity index (χ0n) is 12.5. The van der Waals surface area contributed by atoms with E-state index in [0.29, 0.717) is 31.1 Å². The first-order chi connectivity index (χ1) is 9.98. The second-order valence-corrected chi connectivity index (χ2v) is 7.12. The molecule has 1 amide bonds. The minimum absolute atomic E-state index is 0. The van der Waals surface area contributed by atoms with Gasteiger partial charge in [-0.25, -0.2) is 8.42 Å². The molecule has 0 spiro atoms. The van der Waals surface area contributed by atoms with Crippen LogP contribution in [0.3, 0.4) is 0 Å². The summed E-state index contributed by atoms with van der Waals surface area (Å²) in [6.45, 7) is 1.61. The number of carbonyl (C=O) groups excluding carboxylic acids is 1. The van der Waals surface area contributed by atoms with Crippen molar-refractivity contribution in [2.45, 2.75) is 17.7 Å². The Labute approximate surface area is 137 Å². The predicted molar refractivity (Wildman–Crippen MR) is 87.6 cm³/mol. The first-order valence-electron chi connectivity index (χ1n) is 7.01. The summed E-state index contributed by atoms with van der Waals surface area (Å²) >= 11 is 0. The van der Waals surface area contributed by atoms with E-state index < -0.39 is 10.0 Å². The van der Waals surface area contributed by atoms with Gasteiger partial charge in [0.25, 0.3) is 5.91 Å². The third-order valence-electron chi connectivity index (χ3n) is 3.89. The average molecular weight is 348 g/mol.